The van der Waals surface area contributed by atoms with Gasteiger partial charge in [-0.3, -0.25) is 14.4 Å². The standard InChI is InChI=1S/C44H76O6/c1-4-7-10-13-16-19-20-21-22-23-26-28-31-34-37-43(46)49-40-41(50-44(47)38-35-32-29-25-18-15-12-9-6-3)39-48-42(45)36-33-30-27-24-17-14-11-8-5-2/h9,12,18,24-25,27,32,35,41H,4-8,10-11,13-17,19-23,26,28-31,33-34,36-40H2,1-3H3/b12-9-,25-18-,27-24-,35-32-. The first-order valence-electron chi connectivity index (χ1n) is 20.6. The lowest BCUT2D eigenvalue weighted by molar-refractivity contribution is -0.166. The van der Waals surface area contributed by atoms with Gasteiger partial charge in [0.15, 0.2) is 6.10 Å². The Kier molecular flexibility index (Phi) is 37.1. The van der Waals surface area contributed by atoms with Crippen LogP contribution in [0.1, 0.15) is 194 Å². The van der Waals surface area contributed by atoms with Gasteiger partial charge in [-0.05, 0) is 51.4 Å². The second-order valence-corrected chi connectivity index (χ2v) is 13.5. The van der Waals surface area contributed by atoms with Crippen LogP contribution in [0.25, 0.3) is 0 Å². The quantitative estimate of drug-likeness (QED) is 0.0280. The lowest BCUT2D eigenvalue weighted by atomic mass is 10.0. The van der Waals surface area contributed by atoms with Gasteiger partial charge in [-0.15, -0.1) is 0 Å². The molecule has 6 heteroatoms. The molecule has 0 aromatic rings. The molecule has 0 radical (unpaired) electrons. The Labute approximate surface area is 307 Å². The van der Waals surface area contributed by atoms with Gasteiger partial charge in [-0.2, -0.15) is 0 Å². The van der Waals surface area contributed by atoms with Crippen molar-refractivity contribution >= 4 is 17.9 Å². The highest BCUT2D eigenvalue weighted by Gasteiger charge is 2.19. The minimum Gasteiger partial charge on any atom is -0.462 e. The van der Waals surface area contributed by atoms with Gasteiger partial charge in [-0.25, -0.2) is 0 Å². The molecule has 0 rings (SSSR count). The number of hydrogen-bond donors (Lipinski definition) is 0. The van der Waals surface area contributed by atoms with E-state index in [2.05, 4.69) is 57.2 Å². The average Bonchev–Trinajstić information content (AvgIpc) is 3.11. The molecule has 0 aliphatic rings. The second kappa shape index (κ2) is 39.2. The maximum atomic E-state index is 12.5. The maximum absolute atomic E-state index is 12.5. The van der Waals surface area contributed by atoms with Gasteiger partial charge < -0.3 is 14.2 Å². The van der Waals surface area contributed by atoms with E-state index in [-0.39, 0.29) is 31.6 Å². The van der Waals surface area contributed by atoms with Crippen LogP contribution in [0.2, 0.25) is 0 Å². The highest BCUT2D eigenvalue weighted by atomic mass is 16.6. The van der Waals surface area contributed by atoms with Gasteiger partial charge in [-0.1, -0.05) is 172 Å². The third-order valence-electron chi connectivity index (χ3n) is 8.60. The summed E-state index contributed by atoms with van der Waals surface area (Å²) >= 11 is 0. The maximum Gasteiger partial charge on any atom is 0.310 e. The molecule has 0 fully saturated rings. The molecule has 0 amide bonds. The molecule has 0 spiro atoms. The molecule has 0 N–H and O–H groups in total. The summed E-state index contributed by atoms with van der Waals surface area (Å²) in [6.07, 6.45) is 44.3. The normalized spacial score (nSPS) is 12.5. The molecule has 1 unspecified atom stereocenters. The zero-order chi connectivity index (χ0) is 36.6. The molecule has 0 aromatic heterocycles. The van der Waals surface area contributed by atoms with Crippen molar-refractivity contribution in [3.63, 3.8) is 0 Å². The van der Waals surface area contributed by atoms with Crippen LogP contribution in [-0.4, -0.2) is 37.2 Å². The lowest BCUT2D eigenvalue weighted by Crippen LogP contribution is -2.30. The van der Waals surface area contributed by atoms with Crippen molar-refractivity contribution in [2.75, 3.05) is 13.2 Å². The van der Waals surface area contributed by atoms with E-state index in [4.69, 9.17) is 14.2 Å². The average molecular weight is 701 g/mol. The molecular formula is C44H76O6. The van der Waals surface area contributed by atoms with E-state index in [1.54, 1.807) is 6.08 Å². The van der Waals surface area contributed by atoms with Crippen molar-refractivity contribution in [3.8, 4) is 0 Å². The van der Waals surface area contributed by atoms with E-state index in [1.807, 2.05) is 6.08 Å². The Morgan fingerprint density at radius 3 is 1.38 bits per heavy atom. The predicted molar refractivity (Wildman–Crippen MR) is 210 cm³/mol. The van der Waals surface area contributed by atoms with Crippen molar-refractivity contribution < 1.29 is 28.6 Å². The summed E-state index contributed by atoms with van der Waals surface area (Å²) in [5.74, 6) is -1.08. The summed E-state index contributed by atoms with van der Waals surface area (Å²) in [6, 6.07) is 0. The van der Waals surface area contributed by atoms with E-state index in [0.29, 0.717) is 19.3 Å². The summed E-state index contributed by atoms with van der Waals surface area (Å²) in [7, 11) is 0. The van der Waals surface area contributed by atoms with Crippen molar-refractivity contribution in [2.45, 2.75) is 200 Å². The Morgan fingerprint density at radius 2 is 0.860 bits per heavy atom. The van der Waals surface area contributed by atoms with Crippen LogP contribution in [0.3, 0.4) is 0 Å². The van der Waals surface area contributed by atoms with E-state index >= 15 is 0 Å². The summed E-state index contributed by atoms with van der Waals surface area (Å²) in [6.45, 7) is 6.34. The molecule has 50 heavy (non-hydrogen) atoms. The molecule has 0 heterocycles. The number of carbonyl (C=O) groups excluding carboxylic acids is 3. The first-order valence-corrected chi connectivity index (χ1v) is 20.6. The van der Waals surface area contributed by atoms with Gasteiger partial charge in [0, 0.05) is 12.8 Å². The Balaban J connectivity index is 4.42. The van der Waals surface area contributed by atoms with Crippen molar-refractivity contribution in [2.24, 2.45) is 0 Å². The fourth-order valence-electron chi connectivity index (χ4n) is 5.51. The van der Waals surface area contributed by atoms with Gasteiger partial charge in [0.2, 0.25) is 0 Å². The van der Waals surface area contributed by atoms with Crippen LogP contribution in [0, 0.1) is 0 Å². The fraction of sp³-hybridized carbons (Fsp3) is 0.750. The molecule has 0 aromatic carbocycles. The number of hydrogen-bond acceptors (Lipinski definition) is 6. The lowest BCUT2D eigenvalue weighted by Gasteiger charge is -2.18. The van der Waals surface area contributed by atoms with E-state index in [9.17, 15) is 14.4 Å². The monoisotopic (exact) mass is 701 g/mol. The molecule has 288 valence electrons. The third kappa shape index (κ3) is 36.6. The SMILES string of the molecule is CC/C=C\C/C=C\C/C=C\CC(=O)OC(COC(=O)CCC/C=C\CCCCCC)COC(=O)CCCCCCCCCCCCCCCC. The molecule has 0 bridgehead atoms. The molecule has 0 aliphatic carbocycles. The summed E-state index contributed by atoms with van der Waals surface area (Å²) < 4.78 is 16.5. The predicted octanol–water partition coefficient (Wildman–Crippen LogP) is 12.8. The van der Waals surface area contributed by atoms with Crippen molar-refractivity contribution in [1.82, 2.24) is 0 Å². The van der Waals surface area contributed by atoms with Crippen LogP contribution in [0.4, 0.5) is 0 Å². The Hall–Kier alpha value is -2.63. The smallest absolute Gasteiger partial charge is 0.310 e. The third-order valence-corrected chi connectivity index (χ3v) is 8.60. The Bertz CT molecular complexity index is 902. The number of unbranched alkanes of at least 4 members (excludes halogenated alkanes) is 18. The number of carbonyl (C=O) groups is 3. The molecule has 0 saturated carbocycles. The van der Waals surface area contributed by atoms with Crippen molar-refractivity contribution in [1.29, 1.82) is 0 Å². The zero-order valence-corrected chi connectivity index (χ0v) is 32.7. The molecule has 6 nitrogen and oxygen atoms in total. The van der Waals surface area contributed by atoms with Crippen LogP contribution < -0.4 is 0 Å². The number of ether oxygens (including phenoxy) is 3. The first-order chi connectivity index (χ1) is 24.5. The summed E-state index contributed by atoms with van der Waals surface area (Å²) in [5, 5.41) is 0. The summed E-state index contributed by atoms with van der Waals surface area (Å²) in [5.41, 5.74) is 0. The van der Waals surface area contributed by atoms with Gasteiger partial charge in [0.05, 0.1) is 6.42 Å². The number of allylic oxidation sites excluding steroid dienone is 7. The van der Waals surface area contributed by atoms with Crippen LogP contribution in [-0.2, 0) is 28.6 Å². The molecule has 1 atom stereocenters. The molecule has 0 saturated heterocycles. The van der Waals surface area contributed by atoms with Crippen molar-refractivity contribution in [3.05, 3.63) is 48.6 Å². The fourth-order valence-corrected chi connectivity index (χ4v) is 5.51. The van der Waals surface area contributed by atoms with Gasteiger partial charge in [0.25, 0.3) is 0 Å². The Morgan fingerprint density at radius 1 is 0.440 bits per heavy atom. The van der Waals surface area contributed by atoms with Gasteiger partial charge >= 0.3 is 17.9 Å². The summed E-state index contributed by atoms with van der Waals surface area (Å²) in [4.78, 5) is 37.4. The van der Waals surface area contributed by atoms with E-state index < -0.39 is 12.1 Å². The minimum atomic E-state index is -0.826. The highest BCUT2D eigenvalue weighted by molar-refractivity contribution is 5.72. The highest BCUT2D eigenvalue weighted by Crippen LogP contribution is 2.14. The number of rotatable bonds is 36. The van der Waals surface area contributed by atoms with Crippen LogP contribution in [0.15, 0.2) is 48.6 Å². The minimum absolute atomic E-state index is 0.103. The van der Waals surface area contributed by atoms with Crippen LogP contribution in [0.5, 0.6) is 0 Å². The number of esters is 3. The topological polar surface area (TPSA) is 78.9 Å². The molecule has 0 aliphatic heterocycles. The zero-order valence-electron chi connectivity index (χ0n) is 32.7. The second-order valence-electron chi connectivity index (χ2n) is 13.5. The largest absolute Gasteiger partial charge is 0.462 e. The van der Waals surface area contributed by atoms with E-state index in [0.717, 1.165) is 51.4 Å². The van der Waals surface area contributed by atoms with E-state index in [1.165, 1.54) is 96.3 Å². The molecular weight excluding hydrogens is 624 g/mol. The van der Waals surface area contributed by atoms with Crippen LogP contribution >= 0.6 is 0 Å². The first kappa shape index (κ1) is 47.4. The van der Waals surface area contributed by atoms with Gasteiger partial charge in [0.1, 0.15) is 13.2 Å².